The van der Waals surface area contributed by atoms with Crippen LogP contribution in [0.2, 0.25) is 18.0 Å². The molecule has 19 heavy (non-hydrogen) atoms. The average Bonchev–Trinajstić information content (AvgIpc) is 3.00. The third-order valence-electron chi connectivity index (χ3n) is 6.59. The molecule has 3 fully saturated rings. The number of rotatable bonds is 4. The van der Waals surface area contributed by atoms with Crippen LogP contribution in [-0.4, -0.2) is 6.71 Å². The van der Waals surface area contributed by atoms with Gasteiger partial charge in [-0.15, -0.1) is 0 Å². The van der Waals surface area contributed by atoms with Crippen molar-refractivity contribution in [2.24, 2.45) is 5.92 Å². The van der Waals surface area contributed by atoms with Crippen molar-refractivity contribution in [2.75, 3.05) is 0 Å². The summed E-state index contributed by atoms with van der Waals surface area (Å²) in [5, 5.41) is 0. The van der Waals surface area contributed by atoms with E-state index in [0.29, 0.717) is 0 Å². The van der Waals surface area contributed by atoms with E-state index in [9.17, 15) is 0 Å². The Hall–Kier alpha value is 0.0649. The predicted octanol–water partition coefficient (Wildman–Crippen LogP) is 6.34. The van der Waals surface area contributed by atoms with Gasteiger partial charge >= 0.3 is 0 Å². The monoisotopic (exact) mass is 260 g/mol. The van der Waals surface area contributed by atoms with Gasteiger partial charge in [-0.2, -0.15) is 0 Å². The second kappa shape index (κ2) is 7.18. The Morgan fingerprint density at radius 3 is 1.42 bits per heavy atom. The maximum atomic E-state index is 1.62. The van der Waals surface area contributed by atoms with Gasteiger partial charge in [0.15, 0.2) is 0 Å². The largest absolute Gasteiger partial charge is 0.146 e. The minimum absolute atomic E-state index is 1.12. The fraction of sp³-hybridized carbons (Fsp3) is 1.00. The SMILES string of the molecule is C1CCC(B(CC2CCCC2)C2CCCCC2)CC1. The van der Waals surface area contributed by atoms with Crippen molar-refractivity contribution in [1.82, 2.24) is 0 Å². The number of hydrogen-bond acceptors (Lipinski definition) is 0. The predicted molar refractivity (Wildman–Crippen MR) is 86.2 cm³/mol. The van der Waals surface area contributed by atoms with Crippen molar-refractivity contribution >= 4 is 6.71 Å². The molecule has 0 heterocycles. The standard InChI is InChI=1S/C18H33B/c1-3-11-17(12-4-1)19(15-16-9-7-8-10-16)18-13-5-2-6-14-18/h16-18H,1-15H2. The maximum absolute atomic E-state index is 1.62. The molecule has 0 aromatic heterocycles. The highest BCUT2D eigenvalue weighted by Crippen LogP contribution is 2.45. The zero-order valence-electron chi connectivity index (χ0n) is 12.9. The van der Waals surface area contributed by atoms with Crippen LogP contribution in [0, 0.1) is 5.92 Å². The molecular formula is C18H33B. The highest BCUT2D eigenvalue weighted by molar-refractivity contribution is 6.62. The van der Waals surface area contributed by atoms with Crippen LogP contribution in [0.3, 0.4) is 0 Å². The van der Waals surface area contributed by atoms with E-state index >= 15 is 0 Å². The Morgan fingerprint density at radius 1 is 0.526 bits per heavy atom. The third kappa shape index (κ3) is 3.79. The summed E-state index contributed by atoms with van der Waals surface area (Å²) in [6, 6.07) is 0. The van der Waals surface area contributed by atoms with E-state index in [2.05, 4.69) is 0 Å². The summed E-state index contributed by atoms with van der Waals surface area (Å²) in [4.78, 5) is 0. The van der Waals surface area contributed by atoms with E-state index in [0.717, 1.165) is 24.3 Å². The van der Waals surface area contributed by atoms with Crippen molar-refractivity contribution in [2.45, 2.75) is 108 Å². The fourth-order valence-corrected chi connectivity index (χ4v) is 5.53. The van der Waals surface area contributed by atoms with Gasteiger partial charge in [0, 0.05) is 0 Å². The molecule has 3 saturated carbocycles. The summed E-state index contributed by atoms with van der Waals surface area (Å²) >= 11 is 0. The summed E-state index contributed by atoms with van der Waals surface area (Å²) in [6.07, 6.45) is 23.3. The van der Waals surface area contributed by atoms with Gasteiger partial charge in [0.1, 0.15) is 6.71 Å². The van der Waals surface area contributed by atoms with Gasteiger partial charge in [0.2, 0.25) is 0 Å². The molecular weight excluding hydrogens is 227 g/mol. The molecule has 0 N–H and O–H groups in total. The summed E-state index contributed by atoms with van der Waals surface area (Å²) in [6.45, 7) is 1.13. The van der Waals surface area contributed by atoms with Crippen LogP contribution in [-0.2, 0) is 0 Å². The van der Waals surface area contributed by atoms with E-state index in [1.165, 1.54) is 25.7 Å². The van der Waals surface area contributed by atoms with Gasteiger partial charge in [0.25, 0.3) is 0 Å². The molecule has 1 heteroatoms. The van der Waals surface area contributed by atoms with E-state index in [4.69, 9.17) is 0 Å². The highest BCUT2D eigenvalue weighted by Gasteiger charge is 2.36. The summed E-state index contributed by atoms with van der Waals surface area (Å²) in [7, 11) is 0. The van der Waals surface area contributed by atoms with Crippen molar-refractivity contribution in [3.05, 3.63) is 0 Å². The Kier molecular flexibility index (Phi) is 5.30. The lowest BCUT2D eigenvalue weighted by Gasteiger charge is -2.37. The first-order valence-electron chi connectivity index (χ1n) is 9.43. The molecule has 0 aromatic carbocycles. The smallest absolute Gasteiger partial charge is 0.0708 e. The maximum Gasteiger partial charge on any atom is 0.146 e. The normalized spacial score (nSPS) is 27.8. The van der Waals surface area contributed by atoms with E-state index < -0.39 is 0 Å². The molecule has 0 radical (unpaired) electrons. The minimum Gasteiger partial charge on any atom is -0.0708 e. The molecule has 3 aliphatic rings. The Morgan fingerprint density at radius 2 is 0.947 bits per heavy atom. The van der Waals surface area contributed by atoms with Gasteiger partial charge in [-0.05, 0) is 5.92 Å². The van der Waals surface area contributed by atoms with E-state index in [1.54, 1.807) is 70.5 Å². The topological polar surface area (TPSA) is 0 Å². The molecule has 0 aliphatic heterocycles. The highest BCUT2D eigenvalue weighted by atomic mass is 14.2. The van der Waals surface area contributed by atoms with Crippen molar-refractivity contribution in [3.8, 4) is 0 Å². The van der Waals surface area contributed by atoms with Gasteiger partial charge < -0.3 is 0 Å². The Labute approximate surface area is 121 Å². The minimum atomic E-state index is 1.12. The third-order valence-corrected chi connectivity index (χ3v) is 6.59. The molecule has 0 spiro atoms. The summed E-state index contributed by atoms with van der Waals surface area (Å²) < 4.78 is 0. The fourth-order valence-electron chi connectivity index (χ4n) is 5.53. The molecule has 108 valence electrons. The van der Waals surface area contributed by atoms with Crippen LogP contribution in [0.25, 0.3) is 0 Å². The van der Waals surface area contributed by atoms with Crippen LogP contribution >= 0.6 is 0 Å². The lowest BCUT2D eigenvalue weighted by molar-refractivity contribution is 0.452. The van der Waals surface area contributed by atoms with Gasteiger partial charge in [-0.25, -0.2) is 0 Å². The molecule has 3 aliphatic carbocycles. The van der Waals surface area contributed by atoms with Gasteiger partial charge in [0.05, 0.1) is 0 Å². The molecule has 0 bridgehead atoms. The number of hydrogen-bond donors (Lipinski definition) is 0. The second-order valence-corrected chi connectivity index (χ2v) is 7.85. The van der Waals surface area contributed by atoms with E-state index in [1.807, 2.05) is 0 Å². The van der Waals surface area contributed by atoms with Crippen LogP contribution < -0.4 is 0 Å². The molecule has 3 rings (SSSR count). The first-order chi connectivity index (χ1) is 9.43. The van der Waals surface area contributed by atoms with Crippen molar-refractivity contribution in [1.29, 1.82) is 0 Å². The molecule has 0 unspecified atom stereocenters. The second-order valence-electron chi connectivity index (χ2n) is 7.85. The first kappa shape index (κ1) is 14.0. The zero-order valence-corrected chi connectivity index (χ0v) is 12.9. The Bertz CT molecular complexity index is 226. The van der Waals surface area contributed by atoms with Crippen LogP contribution in [0.15, 0.2) is 0 Å². The summed E-state index contributed by atoms with van der Waals surface area (Å²) in [5.74, 6) is 3.36. The molecule has 0 aromatic rings. The van der Waals surface area contributed by atoms with Crippen LogP contribution in [0.1, 0.15) is 89.9 Å². The lowest BCUT2D eigenvalue weighted by atomic mass is 9.28. The van der Waals surface area contributed by atoms with Crippen LogP contribution in [0.5, 0.6) is 0 Å². The molecule has 0 atom stereocenters. The molecule has 0 nitrogen and oxygen atoms in total. The van der Waals surface area contributed by atoms with E-state index in [-0.39, 0.29) is 0 Å². The Balaban J connectivity index is 1.62. The van der Waals surface area contributed by atoms with Crippen molar-refractivity contribution < 1.29 is 0 Å². The average molecular weight is 260 g/mol. The molecule has 0 saturated heterocycles. The van der Waals surface area contributed by atoms with Gasteiger partial charge in [-0.3, -0.25) is 0 Å². The molecule has 0 amide bonds. The first-order valence-corrected chi connectivity index (χ1v) is 9.43. The lowest BCUT2D eigenvalue weighted by Crippen LogP contribution is -2.31. The zero-order chi connectivity index (χ0) is 12.9. The quantitative estimate of drug-likeness (QED) is 0.517. The van der Waals surface area contributed by atoms with Gasteiger partial charge in [-0.1, -0.05) is 108 Å². The van der Waals surface area contributed by atoms with Crippen molar-refractivity contribution in [3.63, 3.8) is 0 Å². The summed E-state index contributed by atoms with van der Waals surface area (Å²) in [5.41, 5.74) is 0. The van der Waals surface area contributed by atoms with Crippen LogP contribution in [0.4, 0.5) is 0 Å².